The number of carboxylic acid groups (broad SMARTS) is 1. The van der Waals surface area contributed by atoms with E-state index in [-0.39, 0.29) is 7.92 Å². The van der Waals surface area contributed by atoms with Crippen LogP contribution in [0, 0.1) is 5.75 Å². The molecule has 92 valence electrons. The Morgan fingerprint density at radius 2 is 2.28 bits per heavy atom. The van der Waals surface area contributed by atoms with Crippen LogP contribution in [0.25, 0.3) is 10.9 Å². The average molecular weight is 262 g/mol. The third-order valence-corrected chi connectivity index (χ3v) is 2.90. The molecule has 1 heterocycles. The van der Waals surface area contributed by atoms with Gasteiger partial charge in [-0.05, 0) is 0 Å². The molecule has 0 saturated heterocycles. The van der Waals surface area contributed by atoms with Crippen molar-refractivity contribution in [2.75, 3.05) is 0 Å². The van der Waals surface area contributed by atoms with Gasteiger partial charge in [0.15, 0.2) is 0 Å². The molecule has 2 rings (SSSR count). The molecular formula is C12H11N2O3P. The topological polar surface area (TPSA) is 82.2 Å². The second kappa shape index (κ2) is 5.69. The van der Waals surface area contributed by atoms with Crippen LogP contribution in [0.5, 0.6) is 0 Å². The number of fused-ring (bicyclic) bond motifs is 1. The number of hydrogen-bond donors (Lipinski definition) is 3. The fourth-order valence-corrected chi connectivity index (χ4v) is 2.03. The fraction of sp³-hybridized carbons (Fsp3) is 0.167. The third kappa shape index (κ3) is 2.71. The summed E-state index contributed by atoms with van der Waals surface area (Å²) in [7, 11) is -0.354. The second-order valence-electron chi connectivity index (χ2n) is 3.80. The van der Waals surface area contributed by atoms with Crippen molar-refractivity contribution in [3.05, 3.63) is 36.0 Å². The van der Waals surface area contributed by atoms with E-state index in [1.54, 1.807) is 6.20 Å². The number of carbonyl (C=O) groups is 1. The first-order chi connectivity index (χ1) is 8.72. The SMILES string of the molecule is O=P#CN[C@@H](Cc1c[nH]c2ccccc12)C(=O)O. The van der Waals surface area contributed by atoms with Crippen LogP contribution in [0.4, 0.5) is 0 Å². The Morgan fingerprint density at radius 1 is 1.50 bits per heavy atom. The van der Waals surface area contributed by atoms with Crippen molar-refractivity contribution >= 4 is 24.8 Å². The Bertz CT molecular complexity index is 674. The molecule has 18 heavy (non-hydrogen) atoms. The molecule has 5 nitrogen and oxygen atoms in total. The molecule has 1 aromatic heterocycles. The van der Waals surface area contributed by atoms with E-state index >= 15 is 0 Å². The van der Waals surface area contributed by atoms with E-state index < -0.39 is 12.0 Å². The van der Waals surface area contributed by atoms with Crippen molar-refractivity contribution in [3.8, 4) is 5.75 Å². The van der Waals surface area contributed by atoms with Crippen LogP contribution in [-0.4, -0.2) is 22.1 Å². The average Bonchev–Trinajstić information content (AvgIpc) is 2.77. The number of H-pyrrole nitrogens is 1. The van der Waals surface area contributed by atoms with E-state index in [1.165, 1.54) is 0 Å². The zero-order chi connectivity index (χ0) is 13.0. The number of hydrogen-bond acceptors (Lipinski definition) is 3. The summed E-state index contributed by atoms with van der Waals surface area (Å²) in [5.41, 5.74) is 1.86. The summed E-state index contributed by atoms with van der Waals surface area (Å²) >= 11 is 0. The van der Waals surface area contributed by atoms with E-state index in [2.05, 4.69) is 16.1 Å². The van der Waals surface area contributed by atoms with Gasteiger partial charge in [0.2, 0.25) is 0 Å². The number of aromatic amines is 1. The zero-order valence-corrected chi connectivity index (χ0v) is 10.3. The summed E-state index contributed by atoms with van der Waals surface area (Å²) in [5, 5.41) is 12.5. The third-order valence-electron chi connectivity index (χ3n) is 2.68. The molecule has 0 aliphatic heterocycles. The molecule has 2 aromatic rings. The van der Waals surface area contributed by atoms with Crippen LogP contribution in [0.3, 0.4) is 0 Å². The monoisotopic (exact) mass is 262 g/mol. The molecule has 0 amide bonds. The van der Waals surface area contributed by atoms with Gasteiger partial charge in [0.1, 0.15) is 0 Å². The molecule has 1 atom stereocenters. The molecular weight excluding hydrogens is 251 g/mol. The van der Waals surface area contributed by atoms with E-state index in [0.717, 1.165) is 16.5 Å². The minimum atomic E-state index is -1.00. The van der Waals surface area contributed by atoms with Gasteiger partial charge in [-0.2, -0.15) is 0 Å². The second-order valence-corrected chi connectivity index (χ2v) is 4.21. The van der Waals surface area contributed by atoms with Gasteiger partial charge >= 0.3 is 104 Å². The van der Waals surface area contributed by atoms with Crippen molar-refractivity contribution in [1.29, 1.82) is 0 Å². The van der Waals surface area contributed by atoms with Crippen LogP contribution in [-0.2, 0) is 15.8 Å². The van der Waals surface area contributed by atoms with Crippen molar-refractivity contribution < 1.29 is 14.5 Å². The normalized spacial score (nSPS) is 12.0. The van der Waals surface area contributed by atoms with Gasteiger partial charge in [-0.15, -0.1) is 0 Å². The summed E-state index contributed by atoms with van der Waals surface area (Å²) in [6, 6.07) is 6.83. The summed E-state index contributed by atoms with van der Waals surface area (Å²) in [4.78, 5) is 14.1. The molecule has 0 aliphatic rings. The molecule has 6 heteroatoms. The minimum absolute atomic E-state index is 0.294. The molecule has 0 bridgehead atoms. The van der Waals surface area contributed by atoms with Crippen LogP contribution in [0.1, 0.15) is 5.56 Å². The Morgan fingerprint density at radius 3 is 3.00 bits per heavy atom. The summed E-state index contributed by atoms with van der Waals surface area (Å²) in [5.74, 6) is 1.26. The first kappa shape index (κ1) is 12.7. The van der Waals surface area contributed by atoms with Gasteiger partial charge in [0.25, 0.3) is 0 Å². The molecule has 0 aliphatic carbocycles. The van der Waals surface area contributed by atoms with Gasteiger partial charge in [-0.1, -0.05) is 0 Å². The van der Waals surface area contributed by atoms with Gasteiger partial charge in [-0.25, -0.2) is 0 Å². The van der Waals surface area contributed by atoms with Crippen LogP contribution in [0.2, 0.25) is 0 Å². The first-order valence-electron chi connectivity index (χ1n) is 5.33. The Balaban J connectivity index is 2.27. The van der Waals surface area contributed by atoms with E-state index in [9.17, 15) is 9.36 Å². The number of benzene rings is 1. The Hall–Kier alpha value is -1.80. The molecule has 0 saturated carbocycles. The molecule has 0 spiro atoms. The molecule has 0 unspecified atom stereocenters. The summed E-state index contributed by atoms with van der Waals surface area (Å²) in [6.45, 7) is 0. The maximum absolute atomic E-state index is 11.0. The number of para-hydroxylation sites is 1. The number of aromatic nitrogens is 1. The Labute approximate surface area is 104 Å². The number of carboxylic acids is 1. The summed E-state index contributed by atoms with van der Waals surface area (Å²) in [6.07, 6.45) is 2.08. The predicted molar refractivity (Wildman–Crippen MR) is 68.1 cm³/mol. The Kier molecular flexibility index (Phi) is 4.00. The van der Waals surface area contributed by atoms with Gasteiger partial charge in [0, 0.05) is 0 Å². The van der Waals surface area contributed by atoms with Crippen LogP contribution < -0.4 is 5.32 Å². The van der Waals surface area contributed by atoms with Crippen molar-refractivity contribution in [2.24, 2.45) is 0 Å². The maximum atomic E-state index is 11.0. The number of rotatable bonds is 4. The predicted octanol–water partition coefficient (Wildman–Crippen LogP) is 1.96. The molecule has 3 N–H and O–H groups in total. The van der Waals surface area contributed by atoms with E-state index in [1.807, 2.05) is 24.3 Å². The molecule has 1 aromatic carbocycles. The van der Waals surface area contributed by atoms with Crippen molar-refractivity contribution in [3.63, 3.8) is 0 Å². The van der Waals surface area contributed by atoms with Gasteiger partial charge in [-0.3, -0.25) is 0 Å². The van der Waals surface area contributed by atoms with Crippen LogP contribution >= 0.6 is 7.92 Å². The molecule has 0 fully saturated rings. The number of aliphatic carboxylic acids is 1. The van der Waals surface area contributed by atoms with E-state index in [4.69, 9.17) is 5.11 Å². The molecule has 0 radical (unpaired) electrons. The fourth-order valence-electron chi connectivity index (χ4n) is 1.82. The van der Waals surface area contributed by atoms with Crippen LogP contribution in [0.15, 0.2) is 30.5 Å². The van der Waals surface area contributed by atoms with Gasteiger partial charge in [0.05, 0.1) is 0 Å². The number of nitrogens with one attached hydrogen (secondary N) is 2. The van der Waals surface area contributed by atoms with Gasteiger partial charge < -0.3 is 0 Å². The van der Waals surface area contributed by atoms with Crippen molar-refractivity contribution in [1.82, 2.24) is 10.3 Å². The standard InChI is InChI=1S/C12H11N2O3P/c15-12(16)11(14-7-18-17)5-8-6-13-10-4-2-1-3-9(8)10/h1-4,6,11,13-14H,5H2,(H,15,16)/t11-/m0/s1. The van der Waals surface area contributed by atoms with Crippen molar-refractivity contribution in [2.45, 2.75) is 12.5 Å². The zero-order valence-electron chi connectivity index (χ0n) is 9.38. The first-order valence-corrected chi connectivity index (χ1v) is 6.14. The summed E-state index contributed by atoms with van der Waals surface area (Å²) < 4.78 is 10.3. The quantitative estimate of drug-likeness (QED) is 0.581. The van der Waals surface area contributed by atoms with E-state index in [0.29, 0.717) is 6.42 Å².